The molecule has 0 spiro atoms. The minimum Gasteiger partial charge on any atom is -0.394 e. The van der Waals surface area contributed by atoms with Crippen LogP contribution in [0, 0.1) is 11.8 Å². The zero-order valence-corrected chi connectivity index (χ0v) is 9.76. The lowest BCUT2D eigenvalue weighted by atomic mass is 9.81. The fourth-order valence-electron chi connectivity index (χ4n) is 2.09. The van der Waals surface area contributed by atoms with Gasteiger partial charge in [-0.15, -0.1) is 0 Å². The van der Waals surface area contributed by atoms with E-state index < -0.39 is 12.1 Å². The number of halogens is 3. The minimum absolute atomic E-state index is 0.0229. The fraction of sp³-hybridized carbons (Fsp3) is 0.909. The van der Waals surface area contributed by atoms with E-state index in [1.165, 1.54) is 0 Å². The number of carbonyl (C=O) groups is 1. The third-order valence-electron chi connectivity index (χ3n) is 3.22. The highest BCUT2D eigenvalue weighted by molar-refractivity contribution is 5.78. The average Bonchev–Trinajstić information content (AvgIpc) is 2.27. The molecule has 0 aromatic rings. The van der Waals surface area contributed by atoms with Crippen LogP contribution in [0.3, 0.4) is 0 Å². The van der Waals surface area contributed by atoms with Gasteiger partial charge in [0.2, 0.25) is 5.91 Å². The molecular formula is C11H18F3NO2. The number of nitrogens with one attached hydrogen (secondary N) is 1. The van der Waals surface area contributed by atoms with Crippen molar-refractivity contribution < 1.29 is 23.1 Å². The number of carbonyl (C=O) groups excluding carboxylic acids is 1. The Morgan fingerprint density at radius 2 is 1.88 bits per heavy atom. The molecule has 17 heavy (non-hydrogen) atoms. The van der Waals surface area contributed by atoms with Gasteiger partial charge in [0.15, 0.2) is 0 Å². The predicted octanol–water partition coefficient (Wildman–Crippen LogP) is 1.85. The van der Waals surface area contributed by atoms with Crippen molar-refractivity contribution in [2.75, 3.05) is 6.61 Å². The van der Waals surface area contributed by atoms with Gasteiger partial charge in [-0.25, -0.2) is 0 Å². The zero-order valence-electron chi connectivity index (χ0n) is 9.76. The molecule has 0 unspecified atom stereocenters. The smallest absolute Gasteiger partial charge is 0.391 e. The Labute approximate surface area is 98.4 Å². The quantitative estimate of drug-likeness (QED) is 0.806. The van der Waals surface area contributed by atoms with E-state index in [-0.39, 0.29) is 50.2 Å². The molecule has 0 aliphatic heterocycles. The van der Waals surface area contributed by atoms with Crippen LogP contribution in [-0.4, -0.2) is 29.8 Å². The highest BCUT2D eigenvalue weighted by atomic mass is 19.4. The molecule has 3 nitrogen and oxygen atoms in total. The lowest BCUT2D eigenvalue weighted by Crippen LogP contribution is -2.41. The van der Waals surface area contributed by atoms with Crippen LogP contribution < -0.4 is 5.32 Å². The lowest BCUT2D eigenvalue weighted by molar-refractivity contribution is -0.184. The number of rotatable bonds is 3. The van der Waals surface area contributed by atoms with E-state index in [0.29, 0.717) is 0 Å². The Bertz CT molecular complexity index is 260. The molecule has 1 atom stereocenters. The molecule has 2 N–H and O–H groups in total. The van der Waals surface area contributed by atoms with Gasteiger partial charge in [-0.2, -0.15) is 13.2 Å². The van der Waals surface area contributed by atoms with Crippen LogP contribution >= 0.6 is 0 Å². The van der Waals surface area contributed by atoms with Gasteiger partial charge >= 0.3 is 6.18 Å². The summed E-state index contributed by atoms with van der Waals surface area (Å²) in [6, 6.07) is -0.345. The summed E-state index contributed by atoms with van der Waals surface area (Å²) in [6.45, 7) is 1.49. The van der Waals surface area contributed by atoms with Gasteiger partial charge in [0.25, 0.3) is 0 Å². The van der Waals surface area contributed by atoms with Gasteiger partial charge in [0.1, 0.15) is 0 Å². The first kappa shape index (κ1) is 14.3. The molecule has 1 aliphatic rings. The highest BCUT2D eigenvalue weighted by Gasteiger charge is 2.42. The van der Waals surface area contributed by atoms with E-state index >= 15 is 0 Å². The van der Waals surface area contributed by atoms with Crippen molar-refractivity contribution in [3.63, 3.8) is 0 Å². The molecule has 1 saturated carbocycles. The number of hydrogen-bond donors (Lipinski definition) is 2. The molecule has 0 radical (unpaired) electrons. The van der Waals surface area contributed by atoms with Crippen LogP contribution in [-0.2, 0) is 4.79 Å². The van der Waals surface area contributed by atoms with Crippen molar-refractivity contribution in [3.05, 3.63) is 0 Å². The summed E-state index contributed by atoms with van der Waals surface area (Å²) in [5.74, 6) is -1.85. The molecule has 0 aromatic carbocycles. The monoisotopic (exact) mass is 253 g/mol. The van der Waals surface area contributed by atoms with Crippen LogP contribution in [0.25, 0.3) is 0 Å². The summed E-state index contributed by atoms with van der Waals surface area (Å²) in [4.78, 5) is 11.6. The van der Waals surface area contributed by atoms with Crippen molar-refractivity contribution in [3.8, 4) is 0 Å². The maximum atomic E-state index is 12.4. The van der Waals surface area contributed by atoms with Crippen molar-refractivity contribution in [2.24, 2.45) is 11.8 Å². The average molecular weight is 253 g/mol. The van der Waals surface area contributed by atoms with Gasteiger partial charge in [0.05, 0.1) is 12.5 Å². The molecule has 1 fully saturated rings. The van der Waals surface area contributed by atoms with E-state index in [1.807, 2.05) is 0 Å². The second-order valence-electron chi connectivity index (χ2n) is 4.68. The van der Waals surface area contributed by atoms with Crippen LogP contribution in [0.15, 0.2) is 0 Å². The van der Waals surface area contributed by atoms with E-state index in [0.717, 1.165) is 0 Å². The van der Waals surface area contributed by atoms with Crippen LogP contribution in [0.5, 0.6) is 0 Å². The minimum atomic E-state index is -4.14. The van der Waals surface area contributed by atoms with Gasteiger partial charge in [-0.1, -0.05) is 0 Å². The van der Waals surface area contributed by atoms with Crippen molar-refractivity contribution >= 4 is 5.91 Å². The van der Waals surface area contributed by atoms with Crippen molar-refractivity contribution in [1.82, 2.24) is 5.32 Å². The van der Waals surface area contributed by atoms with Gasteiger partial charge in [0, 0.05) is 12.0 Å². The second-order valence-corrected chi connectivity index (χ2v) is 4.68. The number of aliphatic hydroxyl groups excluding tert-OH is 1. The Balaban J connectivity index is 2.39. The molecule has 1 amide bonds. The molecule has 1 aliphatic carbocycles. The molecular weight excluding hydrogens is 235 g/mol. The summed E-state index contributed by atoms with van der Waals surface area (Å²) < 4.78 is 37.2. The number of amides is 1. The maximum absolute atomic E-state index is 12.4. The van der Waals surface area contributed by atoms with E-state index in [2.05, 4.69) is 5.32 Å². The lowest BCUT2D eigenvalue weighted by Gasteiger charge is -2.29. The maximum Gasteiger partial charge on any atom is 0.391 e. The molecule has 0 aromatic heterocycles. The predicted molar refractivity (Wildman–Crippen MR) is 56.2 cm³/mol. The fourth-order valence-corrected chi connectivity index (χ4v) is 2.09. The molecule has 1 rings (SSSR count). The standard InChI is InChI=1S/C11H18F3NO2/c1-7(6-16)15-10(17)8-2-4-9(5-3-8)11(12,13)14/h7-9,16H,2-6H2,1H3,(H,15,17)/t7-,8?,9?/m1/s1. The van der Waals surface area contributed by atoms with Crippen LogP contribution in [0.4, 0.5) is 13.2 Å². The molecule has 0 saturated heterocycles. The largest absolute Gasteiger partial charge is 0.394 e. The highest BCUT2D eigenvalue weighted by Crippen LogP contribution is 2.39. The zero-order chi connectivity index (χ0) is 13.1. The first-order valence-corrected chi connectivity index (χ1v) is 5.82. The number of aliphatic hydroxyl groups is 1. The van der Waals surface area contributed by atoms with Gasteiger partial charge in [-0.05, 0) is 32.6 Å². The van der Waals surface area contributed by atoms with Gasteiger partial charge in [-0.3, -0.25) is 4.79 Å². The first-order chi connectivity index (χ1) is 7.84. The Kier molecular flexibility index (Phi) is 4.80. The topological polar surface area (TPSA) is 49.3 Å². The molecule has 0 bridgehead atoms. The Morgan fingerprint density at radius 3 is 2.29 bits per heavy atom. The number of hydrogen-bond acceptors (Lipinski definition) is 2. The van der Waals surface area contributed by atoms with Crippen molar-refractivity contribution in [2.45, 2.75) is 44.8 Å². The summed E-state index contributed by atoms with van der Waals surface area (Å²) >= 11 is 0. The normalized spacial score (nSPS) is 27.6. The van der Waals surface area contributed by atoms with Gasteiger partial charge < -0.3 is 10.4 Å². The number of alkyl halides is 3. The van der Waals surface area contributed by atoms with E-state index in [9.17, 15) is 18.0 Å². The van der Waals surface area contributed by atoms with E-state index in [1.54, 1.807) is 6.92 Å². The Morgan fingerprint density at radius 1 is 1.35 bits per heavy atom. The summed E-state index contributed by atoms with van der Waals surface area (Å²) in [6.07, 6.45) is -3.55. The third-order valence-corrected chi connectivity index (χ3v) is 3.22. The Hall–Kier alpha value is -0.780. The van der Waals surface area contributed by atoms with Crippen LogP contribution in [0.2, 0.25) is 0 Å². The summed E-state index contributed by atoms with van der Waals surface area (Å²) in [7, 11) is 0. The second kappa shape index (κ2) is 5.71. The molecule has 100 valence electrons. The third kappa shape index (κ3) is 4.18. The SMILES string of the molecule is C[C@H](CO)NC(=O)C1CCC(C(F)(F)F)CC1. The summed E-state index contributed by atoms with van der Waals surface area (Å²) in [5, 5.41) is 11.3. The molecule has 0 heterocycles. The van der Waals surface area contributed by atoms with E-state index in [4.69, 9.17) is 5.11 Å². The molecule has 6 heteroatoms. The summed E-state index contributed by atoms with van der Waals surface area (Å²) in [5.41, 5.74) is 0. The first-order valence-electron chi connectivity index (χ1n) is 5.82. The van der Waals surface area contributed by atoms with Crippen molar-refractivity contribution in [1.29, 1.82) is 0 Å². The van der Waals surface area contributed by atoms with Crippen LogP contribution in [0.1, 0.15) is 32.6 Å².